The van der Waals surface area contributed by atoms with Gasteiger partial charge in [0.15, 0.2) is 0 Å². The van der Waals surface area contributed by atoms with Crippen molar-refractivity contribution in [1.29, 1.82) is 0 Å². The highest BCUT2D eigenvalue weighted by molar-refractivity contribution is 5.22. The lowest BCUT2D eigenvalue weighted by atomic mass is 10.1. The number of aliphatic hydroxyl groups is 1. The molecular formula is C10H15NO. The Labute approximate surface area is 73.0 Å². The Hall–Kier alpha value is -0.860. The second-order valence-corrected chi connectivity index (χ2v) is 3.16. The predicted octanol–water partition coefficient (Wildman–Crippen LogP) is 1.07. The molecule has 0 saturated carbocycles. The van der Waals surface area contributed by atoms with Gasteiger partial charge in [0, 0.05) is 6.04 Å². The van der Waals surface area contributed by atoms with E-state index in [-0.39, 0.29) is 12.6 Å². The number of hydrogen-bond acceptors (Lipinski definition) is 2. The first-order valence-corrected chi connectivity index (χ1v) is 4.16. The van der Waals surface area contributed by atoms with E-state index in [0.29, 0.717) is 0 Å². The van der Waals surface area contributed by atoms with Crippen LogP contribution in [-0.2, 0) is 13.0 Å². The molecule has 2 nitrogen and oxygen atoms in total. The molecule has 1 aromatic carbocycles. The molecule has 12 heavy (non-hydrogen) atoms. The van der Waals surface area contributed by atoms with Crippen LogP contribution in [0.25, 0.3) is 0 Å². The molecular weight excluding hydrogens is 150 g/mol. The van der Waals surface area contributed by atoms with Gasteiger partial charge in [-0.1, -0.05) is 24.3 Å². The van der Waals surface area contributed by atoms with Crippen LogP contribution in [0, 0.1) is 0 Å². The summed E-state index contributed by atoms with van der Waals surface area (Å²) in [5.41, 5.74) is 7.82. The molecule has 1 atom stereocenters. The van der Waals surface area contributed by atoms with Crippen LogP contribution in [0.4, 0.5) is 0 Å². The van der Waals surface area contributed by atoms with E-state index in [2.05, 4.69) is 0 Å². The Kier molecular flexibility index (Phi) is 3.26. The third-order valence-corrected chi connectivity index (χ3v) is 1.76. The SMILES string of the molecule is C[C@H](N)Cc1ccc(CO)cc1. The highest BCUT2D eigenvalue weighted by Crippen LogP contribution is 2.05. The summed E-state index contributed by atoms with van der Waals surface area (Å²) in [4.78, 5) is 0. The van der Waals surface area contributed by atoms with Gasteiger partial charge in [0.05, 0.1) is 6.61 Å². The van der Waals surface area contributed by atoms with E-state index < -0.39 is 0 Å². The maximum absolute atomic E-state index is 8.79. The summed E-state index contributed by atoms with van der Waals surface area (Å²) in [6.07, 6.45) is 0.895. The van der Waals surface area contributed by atoms with E-state index in [9.17, 15) is 0 Å². The highest BCUT2D eigenvalue weighted by Gasteiger charge is 1.97. The summed E-state index contributed by atoms with van der Waals surface area (Å²) in [7, 11) is 0. The van der Waals surface area contributed by atoms with E-state index in [0.717, 1.165) is 12.0 Å². The predicted molar refractivity (Wildman–Crippen MR) is 49.7 cm³/mol. The Morgan fingerprint density at radius 3 is 2.17 bits per heavy atom. The first-order valence-electron chi connectivity index (χ1n) is 4.16. The average Bonchev–Trinajstić information content (AvgIpc) is 2.05. The Bertz CT molecular complexity index is 228. The number of hydrogen-bond donors (Lipinski definition) is 2. The second-order valence-electron chi connectivity index (χ2n) is 3.16. The maximum atomic E-state index is 8.79. The zero-order chi connectivity index (χ0) is 8.97. The van der Waals surface area contributed by atoms with Crippen LogP contribution in [0.3, 0.4) is 0 Å². The minimum atomic E-state index is 0.110. The third kappa shape index (κ3) is 2.64. The van der Waals surface area contributed by atoms with Gasteiger partial charge in [-0.05, 0) is 24.5 Å². The van der Waals surface area contributed by atoms with Crippen molar-refractivity contribution in [2.24, 2.45) is 5.73 Å². The van der Waals surface area contributed by atoms with Crippen molar-refractivity contribution < 1.29 is 5.11 Å². The van der Waals surface area contributed by atoms with Gasteiger partial charge >= 0.3 is 0 Å². The van der Waals surface area contributed by atoms with E-state index in [1.54, 1.807) is 0 Å². The summed E-state index contributed by atoms with van der Waals surface area (Å²) in [5, 5.41) is 8.79. The Morgan fingerprint density at radius 2 is 1.75 bits per heavy atom. The van der Waals surface area contributed by atoms with Crippen molar-refractivity contribution in [2.75, 3.05) is 0 Å². The zero-order valence-electron chi connectivity index (χ0n) is 7.33. The topological polar surface area (TPSA) is 46.2 Å². The monoisotopic (exact) mass is 165 g/mol. The van der Waals surface area contributed by atoms with E-state index in [4.69, 9.17) is 10.8 Å². The fraction of sp³-hybridized carbons (Fsp3) is 0.400. The van der Waals surface area contributed by atoms with Crippen molar-refractivity contribution >= 4 is 0 Å². The van der Waals surface area contributed by atoms with Gasteiger partial charge < -0.3 is 10.8 Å². The lowest BCUT2D eigenvalue weighted by Crippen LogP contribution is -2.17. The quantitative estimate of drug-likeness (QED) is 0.703. The third-order valence-electron chi connectivity index (χ3n) is 1.76. The molecule has 1 rings (SSSR count). The molecule has 0 amide bonds. The minimum absolute atomic E-state index is 0.110. The molecule has 0 spiro atoms. The minimum Gasteiger partial charge on any atom is -0.392 e. The standard InChI is InChI=1S/C10H15NO/c1-8(11)6-9-2-4-10(7-12)5-3-9/h2-5,8,12H,6-7,11H2,1H3/t8-/m0/s1. The average molecular weight is 165 g/mol. The van der Waals surface area contributed by atoms with Crippen LogP contribution in [-0.4, -0.2) is 11.1 Å². The molecule has 1 aromatic rings. The molecule has 0 fully saturated rings. The first-order chi connectivity index (χ1) is 5.72. The van der Waals surface area contributed by atoms with E-state index >= 15 is 0 Å². The summed E-state index contributed by atoms with van der Waals surface area (Å²) < 4.78 is 0. The molecule has 0 radical (unpaired) electrons. The molecule has 0 heterocycles. The van der Waals surface area contributed by atoms with Gasteiger partial charge in [0.1, 0.15) is 0 Å². The molecule has 0 aliphatic heterocycles. The van der Waals surface area contributed by atoms with Crippen molar-refractivity contribution in [3.05, 3.63) is 35.4 Å². The van der Waals surface area contributed by atoms with Crippen LogP contribution in [0.5, 0.6) is 0 Å². The van der Waals surface area contributed by atoms with Crippen molar-refractivity contribution in [2.45, 2.75) is 26.0 Å². The molecule has 0 bridgehead atoms. The van der Waals surface area contributed by atoms with Crippen LogP contribution >= 0.6 is 0 Å². The second kappa shape index (κ2) is 4.24. The van der Waals surface area contributed by atoms with Crippen molar-refractivity contribution in [1.82, 2.24) is 0 Å². The van der Waals surface area contributed by atoms with Gasteiger partial charge in [-0.15, -0.1) is 0 Å². The van der Waals surface area contributed by atoms with Gasteiger partial charge in [-0.25, -0.2) is 0 Å². The molecule has 0 unspecified atom stereocenters. The number of aliphatic hydroxyl groups excluding tert-OH is 1. The van der Waals surface area contributed by atoms with Crippen molar-refractivity contribution in [3.63, 3.8) is 0 Å². The molecule has 2 heteroatoms. The molecule has 3 N–H and O–H groups in total. The van der Waals surface area contributed by atoms with E-state index in [1.165, 1.54) is 5.56 Å². The van der Waals surface area contributed by atoms with Gasteiger partial charge in [-0.2, -0.15) is 0 Å². The first kappa shape index (κ1) is 9.23. The Balaban J connectivity index is 2.65. The largest absolute Gasteiger partial charge is 0.392 e. The molecule has 0 aliphatic rings. The molecule has 66 valence electrons. The van der Waals surface area contributed by atoms with Gasteiger partial charge in [-0.3, -0.25) is 0 Å². The Morgan fingerprint density at radius 1 is 1.25 bits per heavy atom. The molecule has 0 aliphatic carbocycles. The summed E-state index contributed by atoms with van der Waals surface area (Å²) in [5.74, 6) is 0. The van der Waals surface area contributed by atoms with E-state index in [1.807, 2.05) is 31.2 Å². The lowest BCUT2D eigenvalue weighted by Gasteiger charge is -2.05. The number of rotatable bonds is 3. The van der Waals surface area contributed by atoms with Crippen molar-refractivity contribution in [3.8, 4) is 0 Å². The summed E-state index contributed by atoms with van der Waals surface area (Å²) >= 11 is 0. The van der Waals surface area contributed by atoms with Gasteiger partial charge in [0.25, 0.3) is 0 Å². The number of nitrogens with two attached hydrogens (primary N) is 1. The van der Waals surface area contributed by atoms with Gasteiger partial charge in [0.2, 0.25) is 0 Å². The fourth-order valence-electron chi connectivity index (χ4n) is 1.15. The van der Waals surface area contributed by atoms with Crippen LogP contribution in [0.1, 0.15) is 18.1 Å². The molecule has 0 saturated heterocycles. The fourth-order valence-corrected chi connectivity index (χ4v) is 1.15. The smallest absolute Gasteiger partial charge is 0.0681 e. The molecule has 0 aromatic heterocycles. The maximum Gasteiger partial charge on any atom is 0.0681 e. The normalized spacial score (nSPS) is 12.9. The van der Waals surface area contributed by atoms with Crippen LogP contribution in [0.15, 0.2) is 24.3 Å². The van der Waals surface area contributed by atoms with Crippen LogP contribution < -0.4 is 5.73 Å². The lowest BCUT2D eigenvalue weighted by molar-refractivity contribution is 0.282. The number of benzene rings is 1. The van der Waals surface area contributed by atoms with Crippen LogP contribution in [0.2, 0.25) is 0 Å². The highest BCUT2D eigenvalue weighted by atomic mass is 16.3. The summed E-state index contributed by atoms with van der Waals surface area (Å²) in [6, 6.07) is 8.07. The summed E-state index contributed by atoms with van der Waals surface area (Å²) in [6.45, 7) is 2.10. The zero-order valence-corrected chi connectivity index (χ0v) is 7.33.